The lowest BCUT2D eigenvalue weighted by Crippen LogP contribution is -2.28. The molecular formula is C9H16N4. The van der Waals surface area contributed by atoms with Crippen LogP contribution in [0.1, 0.15) is 11.6 Å². The van der Waals surface area contributed by atoms with Crippen molar-refractivity contribution < 1.29 is 0 Å². The Labute approximate surface area is 78.4 Å². The zero-order valence-corrected chi connectivity index (χ0v) is 8.14. The Hall–Kier alpha value is -0.870. The minimum absolute atomic E-state index is 0.250. The molecule has 1 aromatic heterocycles. The number of nitrogens with zero attached hydrogens (tertiary/aromatic N) is 3. The molecule has 1 aliphatic rings. The van der Waals surface area contributed by atoms with E-state index in [9.17, 15) is 0 Å². The monoisotopic (exact) mass is 180 g/mol. The molecule has 1 fully saturated rings. The average molecular weight is 180 g/mol. The molecule has 2 heterocycles. The Balaban J connectivity index is 2.22. The maximum atomic E-state index is 6.05. The van der Waals surface area contributed by atoms with E-state index in [-0.39, 0.29) is 6.04 Å². The number of rotatable bonds is 1. The highest BCUT2D eigenvalue weighted by Crippen LogP contribution is 2.24. The number of aromatic nitrogens is 2. The summed E-state index contributed by atoms with van der Waals surface area (Å²) in [5.41, 5.74) is 7.29. The van der Waals surface area contributed by atoms with Crippen molar-refractivity contribution in [3.8, 4) is 0 Å². The number of aryl methyl sites for hydroxylation is 1. The van der Waals surface area contributed by atoms with Crippen LogP contribution in [0.25, 0.3) is 0 Å². The Bertz CT molecular complexity index is 294. The number of likely N-dealkylation sites (tertiary alicyclic amines) is 1. The number of hydrogen-bond acceptors (Lipinski definition) is 3. The Kier molecular flexibility index (Phi) is 2.09. The van der Waals surface area contributed by atoms with Gasteiger partial charge in [-0.3, -0.25) is 0 Å². The van der Waals surface area contributed by atoms with Gasteiger partial charge in [-0.1, -0.05) is 0 Å². The molecule has 1 aliphatic heterocycles. The van der Waals surface area contributed by atoms with Crippen molar-refractivity contribution in [1.29, 1.82) is 0 Å². The highest BCUT2D eigenvalue weighted by Gasteiger charge is 2.30. The summed E-state index contributed by atoms with van der Waals surface area (Å²) >= 11 is 0. The van der Waals surface area contributed by atoms with Gasteiger partial charge in [0.15, 0.2) is 0 Å². The molecule has 0 saturated carbocycles. The van der Waals surface area contributed by atoms with Gasteiger partial charge in [0.25, 0.3) is 0 Å². The summed E-state index contributed by atoms with van der Waals surface area (Å²) in [6.07, 6.45) is 3.75. The van der Waals surface area contributed by atoms with Crippen molar-refractivity contribution in [2.75, 3.05) is 20.1 Å². The molecule has 72 valence electrons. The van der Waals surface area contributed by atoms with Crippen molar-refractivity contribution >= 4 is 0 Å². The summed E-state index contributed by atoms with van der Waals surface area (Å²) < 4.78 is 2.06. The Morgan fingerprint density at radius 2 is 2.23 bits per heavy atom. The molecule has 0 amide bonds. The molecule has 2 atom stereocenters. The van der Waals surface area contributed by atoms with E-state index in [1.54, 1.807) is 0 Å². The molecule has 1 aromatic rings. The molecule has 1 saturated heterocycles. The molecule has 2 N–H and O–H groups in total. The van der Waals surface area contributed by atoms with Crippen LogP contribution in [-0.2, 0) is 7.05 Å². The second kappa shape index (κ2) is 3.12. The molecule has 0 spiro atoms. The van der Waals surface area contributed by atoms with Crippen LogP contribution in [0.2, 0.25) is 0 Å². The maximum Gasteiger partial charge on any atom is 0.0945 e. The van der Waals surface area contributed by atoms with Crippen LogP contribution in [0.4, 0.5) is 0 Å². The van der Waals surface area contributed by atoms with Crippen LogP contribution in [-0.4, -0.2) is 40.6 Å². The van der Waals surface area contributed by atoms with E-state index in [4.69, 9.17) is 5.73 Å². The van der Waals surface area contributed by atoms with Crippen LogP contribution in [0, 0.1) is 0 Å². The predicted molar refractivity (Wildman–Crippen MR) is 51.4 cm³/mol. The fourth-order valence-electron chi connectivity index (χ4n) is 2.07. The maximum absolute atomic E-state index is 6.05. The topological polar surface area (TPSA) is 47.1 Å². The fraction of sp³-hybridized carbons (Fsp3) is 0.667. The second-order valence-corrected chi connectivity index (χ2v) is 3.92. The van der Waals surface area contributed by atoms with Gasteiger partial charge < -0.3 is 15.2 Å². The van der Waals surface area contributed by atoms with Gasteiger partial charge in [0, 0.05) is 44.0 Å². The third kappa shape index (κ3) is 1.47. The van der Waals surface area contributed by atoms with Gasteiger partial charge in [-0.05, 0) is 7.05 Å². The molecule has 2 rings (SSSR count). The lowest BCUT2D eigenvalue weighted by atomic mass is 10.0. The third-order valence-corrected chi connectivity index (χ3v) is 2.78. The number of hydrogen-bond donors (Lipinski definition) is 1. The van der Waals surface area contributed by atoms with E-state index in [1.807, 2.05) is 19.6 Å². The minimum atomic E-state index is 0.250. The van der Waals surface area contributed by atoms with Crippen molar-refractivity contribution in [2.24, 2.45) is 12.8 Å². The van der Waals surface area contributed by atoms with Crippen molar-refractivity contribution in [1.82, 2.24) is 14.5 Å². The first-order chi connectivity index (χ1) is 6.18. The molecule has 13 heavy (non-hydrogen) atoms. The normalized spacial score (nSPS) is 29.8. The summed E-state index contributed by atoms with van der Waals surface area (Å²) in [4.78, 5) is 6.38. The molecule has 4 nitrogen and oxygen atoms in total. The first kappa shape index (κ1) is 8.72. The number of likely N-dealkylation sites (N-methyl/N-ethyl adjacent to an activating group) is 1. The van der Waals surface area contributed by atoms with Crippen molar-refractivity contribution in [2.45, 2.75) is 12.0 Å². The SMILES string of the molecule is CN1C[C@@H](N)[C@H](c2cncn2C)C1. The number of nitrogens with two attached hydrogens (primary N) is 1. The quantitative estimate of drug-likeness (QED) is 0.650. The summed E-state index contributed by atoms with van der Waals surface area (Å²) in [5.74, 6) is 0.442. The van der Waals surface area contributed by atoms with Crippen LogP contribution < -0.4 is 5.73 Å². The molecule has 0 bridgehead atoms. The molecule has 4 heteroatoms. The highest BCUT2D eigenvalue weighted by molar-refractivity contribution is 5.13. The smallest absolute Gasteiger partial charge is 0.0945 e. The molecule has 0 radical (unpaired) electrons. The minimum Gasteiger partial charge on any atom is -0.337 e. The van der Waals surface area contributed by atoms with Crippen LogP contribution in [0.15, 0.2) is 12.5 Å². The van der Waals surface area contributed by atoms with E-state index in [2.05, 4.69) is 21.5 Å². The summed E-state index contributed by atoms with van der Waals surface area (Å²) in [5, 5.41) is 0. The summed E-state index contributed by atoms with van der Waals surface area (Å²) in [7, 11) is 4.13. The first-order valence-electron chi connectivity index (χ1n) is 4.59. The predicted octanol–water partition coefficient (Wildman–Crippen LogP) is -0.224. The van der Waals surface area contributed by atoms with Gasteiger partial charge >= 0.3 is 0 Å². The third-order valence-electron chi connectivity index (χ3n) is 2.78. The summed E-state index contributed by atoms with van der Waals surface area (Å²) in [6, 6.07) is 0.250. The highest BCUT2D eigenvalue weighted by atomic mass is 15.2. The van der Waals surface area contributed by atoms with Gasteiger partial charge in [-0.2, -0.15) is 0 Å². The van der Waals surface area contributed by atoms with E-state index in [0.717, 1.165) is 13.1 Å². The van der Waals surface area contributed by atoms with E-state index >= 15 is 0 Å². The molecule has 0 unspecified atom stereocenters. The van der Waals surface area contributed by atoms with Gasteiger partial charge in [0.2, 0.25) is 0 Å². The lowest BCUT2D eigenvalue weighted by Gasteiger charge is -2.14. The lowest BCUT2D eigenvalue weighted by molar-refractivity contribution is 0.406. The van der Waals surface area contributed by atoms with Gasteiger partial charge in [-0.15, -0.1) is 0 Å². The molecule has 0 aliphatic carbocycles. The summed E-state index contributed by atoms with van der Waals surface area (Å²) in [6.45, 7) is 2.02. The zero-order valence-electron chi connectivity index (χ0n) is 8.14. The van der Waals surface area contributed by atoms with Crippen molar-refractivity contribution in [3.63, 3.8) is 0 Å². The fourth-order valence-corrected chi connectivity index (χ4v) is 2.07. The Morgan fingerprint density at radius 1 is 1.46 bits per heavy atom. The van der Waals surface area contributed by atoms with Crippen LogP contribution in [0.3, 0.4) is 0 Å². The van der Waals surface area contributed by atoms with E-state index in [0.29, 0.717) is 5.92 Å². The van der Waals surface area contributed by atoms with Crippen LogP contribution in [0.5, 0.6) is 0 Å². The van der Waals surface area contributed by atoms with Gasteiger partial charge in [0.05, 0.1) is 6.33 Å². The first-order valence-corrected chi connectivity index (χ1v) is 4.59. The second-order valence-electron chi connectivity index (χ2n) is 3.92. The standard InChI is InChI=1S/C9H16N4/c1-12-4-7(8(10)5-12)9-3-11-6-13(9)2/h3,6-8H,4-5,10H2,1-2H3/t7-,8-/m1/s1. The number of imidazole rings is 1. The average Bonchev–Trinajstić information content (AvgIpc) is 2.58. The van der Waals surface area contributed by atoms with E-state index < -0.39 is 0 Å². The zero-order chi connectivity index (χ0) is 9.42. The van der Waals surface area contributed by atoms with Gasteiger partial charge in [0.1, 0.15) is 0 Å². The molecule has 0 aromatic carbocycles. The molecular weight excluding hydrogens is 164 g/mol. The van der Waals surface area contributed by atoms with E-state index in [1.165, 1.54) is 5.69 Å². The largest absolute Gasteiger partial charge is 0.337 e. The van der Waals surface area contributed by atoms with Crippen LogP contribution >= 0.6 is 0 Å². The van der Waals surface area contributed by atoms with Gasteiger partial charge in [-0.25, -0.2) is 4.98 Å². The Morgan fingerprint density at radius 3 is 2.69 bits per heavy atom. The van der Waals surface area contributed by atoms with Crippen molar-refractivity contribution in [3.05, 3.63) is 18.2 Å².